The fourth-order valence-corrected chi connectivity index (χ4v) is 2.39. The molecule has 21 heavy (non-hydrogen) atoms. The molecule has 106 valence electrons. The van der Waals surface area contributed by atoms with E-state index in [2.05, 4.69) is 10.7 Å². The summed E-state index contributed by atoms with van der Waals surface area (Å²) in [6.07, 6.45) is 0.750. The van der Waals surface area contributed by atoms with Crippen LogP contribution >= 0.6 is 0 Å². The first-order valence-corrected chi connectivity index (χ1v) is 6.25. The van der Waals surface area contributed by atoms with Crippen molar-refractivity contribution >= 4 is 16.3 Å². The smallest absolute Gasteiger partial charge is 0.321 e. The van der Waals surface area contributed by atoms with Gasteiger partial charge in [0.25, 0.3) is 5.56 Å². The van der Waals surface area contributed by atoms with Crippen LogP contribution in [-0.2, 0) is 6.18 Å². The Morgan fingerprint density at radius 3 is 2.57 bits per heavy atom. The van der Waals surface area contributed by atoms with E-state index >= 15 is 0 Å². The molecule has 1 aromatic heterocycles. The molecule has 3 rings (SSSR count). The quantitative estimate of drug-likeness (QED) is 0.792. The van der Waals surface area contributed by atoms with Gasteiger partial charge in [-0.15, -0.1) is 5.73 Å². The average Bonchev–Trinajstić information content (AvgIpc) is 2.95. The average molecular weight is 289 g/mol. The van der Waals surface area contributed by atoms with Gasteiger partial charge in [0.15, 0.2) is 0 Å². The highest BCUT2D eigenvalue weighted by Crippen LogP contribution is 2.32. The minimum atomic E-state index is -4.43. The number of fused-ring (bicyclic) bond motifs is 1. The highest BCUT2D eigenvalue weighted by molar-refractivity contribution is 5.90. The molecule has 0 fully saturated rings. The first-order chi connectivity index (χ1) is 9.88. The second kappa shape index (κ2) is 4.50. The maximum atomic E-state index is 12.8. The van der Waals surface area contributed by atoms with E-state index in [4.69, 9.17) is 0 Å². The van der Waals surface area contributed by atoms with Gasteiger partial charge >= 0.3 is 6.18 Å². The first kappa shape index (κ1) is 13.5. The minimum Gasteiger partial charge on any atom is -0.321 e. The Balaban J connectivity index is 2.35. The summed E-state index contributed by atoms with van der Waals surface area (Å²) in [5, 5.41) is 0.550. The summed E-state index contributed by atoms with van der Waals surface area (Å²) in [5.74, 6) is 0. The van der Waals surface area contributed by atoms with E-state index in [1.165, 1.54) is 6.07 Å². The van der Waals surface area contributed by atoms with Gasteiger partial charge in [-0.2, -0.15) is 13.2 Å². The topological polar surface area (TPSA) is 32.9 Å². The van der Waals surface area contributed by atoms with Crippen molar-refractivity contribution in [3.8, 4) is 0 Å². The van der Waals surface area contributed by atoms with Crippen molar-refractivity contribution in [3.63, 3.8) is 0 Å². The molecule has 1 aliphatic carbocycles. The lowest BCUT2D eigenvalue weighted by molar-refractivity contribution is -0.137. The van der Waals surface area contributed by atoms with E-state index in [-0.39, 0.29) is 5.39 Å². The van der Waals surface area contributed by atoms with Gasteiger partial charge < -0.3 is 4.98 Å². The summed E-state index contributed by atoms with van der Waals surface area (Å²) < 4.78 is 38.5. The molecule has 2 nitrogen and oxygen atoms in total. The predicted molar refractivity (Wildman–Crippen MR) is 74.9 cm³/mol. The fraction of sp³-hybridized carbons (Fsp3) is 0.125. The Morgan fingerprint density at radius 2 is 1.95 bits per heavy atom. The van der Waals surface area contributed by atoms with Crippen LogP contribution in [0.1, 0.15) is 16.8 Å². The van der Waals surface area contributed by atoms with E-state index in [1.807, 2.05) is 0 Å². The van der Waals surface area contributed by atoms with Crippen molar-refractivity contribution in [2.45, 2.75) is 13.1 Å². The molecular formula is C16H10F3NO. The number of hydrogen-bond donors (Lipinski definition) is 1. The highest BCUT2D eigenvalue weighted by Gasteiger charge is 2.30. The zero-order chi connectivity index (χ0) is 15.2. The zero-order valence-corrected chi connectivity index (χ0v) is 11.0. The lowest BCUT2D eigenvalue weighted by atomic mass is 9.99. The van der Waals surface area contributed by atoms with Crippen molar-refractivity contribution in [3.05, 3.63) is 69.3 Å². The molecular weight excluding hydrogens is 279 g/mol. The Morgan fingerprint density at radius 1 is 1.19 bits per heavy atom. The van der Waals surface area contributed by atoms with Crippen LogP contribution in [0, 0.1) is 6.92 Å². The van der Waals surface area contributed by atoms with Gasteiger partial charge in [-0.05, 0) is 48.2 Å². The SMILES string of the molecule is Cc1c(C2=C=CC=C2)[nH]c(=O)c2ccc(C(F)(F)F)cc12. The third-order valence-electron chi connectivity index (χ3n) is 3.48. The first-order valence-electron chi connectivity index (χ1n) is 6.25. The van der Waals surface area contributed by atoms with Crippen LogP contribution in [0.3, 0.4) is 0 Å². The van der Waals surface area contributed by atoms with Gasteiger partial charge in [0, 0.05) is 11.0 Å². The molecule has 5 heteroatoms. The number of H-pyrrole nitrogens is 1. The van der Waals surface area contributed by atoms with E-state index in [1.54, 1.807) is 25.2 Å². The number of aromatic amines is 1. The van der Waals surface area contributed by atoms with E-state index in [9.17, 15) is 18.0 Å². The minimum absolute atomic E-state index is 0.246. The van der Waals surface area contributed by atoms with Crippen LogP contribution in [0.15, 0.2) is 47.0 Å². The molecule has 0 bridgehead atoms. The number of rotatable bonds is 1. The van der Waals surface area contributed by atoms with Gasteiger partial charge in [-0.3, -0.25) is 4.79 Å². The molecule has 1 heterocycles. The van der Waals surface area contributed by atoms with Gasteiger partial charge in [0.05, 0.1) is 11.3 Å². The van der Waals surface area contributed by atoms with Crippen LogP contribution in [0.4, 0.5) is 13.2 Å². The second-order valence-electron chi connectivity index (χ2n) is 4.80. The maximum Gasteiger partial charge on any atom is 0.416 e. The molecule has 0 atom stereocenters. The summed E-state index contributed by atoms with van der Waals surface area (Å²) >= 11 is 0. The summed E-state index contributed by atoms with van der Waals surface area (Å²) in [5.41, 5.74) is 3.52. The van der Waals surface area contributed by atoms with Gasteiger partial charge in [-0.25, -0.2) is 0 Å². The summed E-state index contributed by atoms with van der Waals surface area (Å²) in [4.78, 5) is 14.8. The van der Waals surface area contributed by atoms with Gasteiger partial charge in [-0.1, -0.05) is 6.08 Å². The number of alkyl halides is 3. The van der Waals surface area contributed by atoms with Crippen molar-refractivity contribution in [1.82, 2.24) is 4.98 Å². The summed E-state index contributed by atoms with van der Waals surface area (Å²) in [7, 11) is 0. The maximum absolute atomic E-state index is 12.8. The molecule has 0 radical (unpaired) electrons. The number of allylic oxidation sites excluding steroid dienone is 3. The molecule has 0 aliphatic heterocycles. The lowest BCUT2D eigenvalue weighted by Crippen LogP contribution is -2.12. The molecule has 0 unspecified atom stereocenters. The normalized spacial score (nSPS) is 14.0. The number of aryl methyl sites for hydroxylation is 1. The largest absolute Gasteiger partial charge is 0.416 e. The third kappa shape index (κ3) is 2.22. The Hall–Kier alpha value is -2.52. The number of halogens is 3. The molecule has 2 aromatic rings. The number of benzene rings is 1. The van der Waals surface area contributed by atoms with Crippen molar-refractivity contribution in [1.29, 1.82) is 0 Å². The van der Waals surface area contributed by atoms with Crippen molar-refractivity contribution in [2.75, 3.05) is 0 Å². The van der Waals surface area contributed by atoms with Crippen LogP contribution < -0.4 is 5.56 Å². The molecule has 1 aliphatic rings. The fourth-order valence-electron chi connectivity index (χ4n) is 2.39. The Kier molecular flexibility index (Phi) is 2.88. The van der Waals surface area contributed by atoms with Crippen LogP contribution in [-0.4, -0.2) is 4.98 Å². The van der Waals surface area contributed by atoms with Crippen LogP contribution in [0.2, 0.25) is 0 Å². The van der Waals surface area contributed by atoms with E-state index < -0.39 is 17.3 Å². The number of nitrogens with one attached hydrogen (secondary N) is 1. The number of pyridine rings is 1. The zero-order valence-electron chi connectivity index (χ0n) is 11.0. The number of hydrogen-bond acceptors (Lipinski definition) is 1. The molecule has 1 aromatic carbocycles. The summed E-state index contributed by atoms with van der Waals surface area (Å²) in [6, 6.07) is 3.15. The molecule has 0 saturated carbocycles. The molecule has 0 saturated heterocycles. The second-order valence-corrected chi connectivity index (χ2v) is 4.80. The van der Waals surface area contributed by atoms with Gasteiger partial charge in [0.1, 0.15) is 0 Å². The Labute approximate surface area is 117 Å². The lowest BCUT2D eigenvalue weighted by Gasteiger charge is -2.11. The highest BCUT2D eigenvalue weighted by atomic mass is 19.4. The predicted octanol–water partition coefficient (Wildman–Crippen LogP) is 3.96. The summed E-state index contributed by atoms with van der Waals surface area (Å²) in [6.45, 7) is 1.69. The van der Waals surface area contributed by atoms with Gasteiger partial charge in [0.2, 0.25) is 0 Å². The molecule has 0 amide bonds. The molecule has 1 N–H and O–H groups in total. The van der Waals surface area contributed by atoms with Crippen molar-refractivity contribution in [2.24, 2.45) is 0 Å². The van der Waals surface area contributed by atoms with E-state index in [0.29, 0.717) is 22.2 Å². The Bertz CT molecular complexity index is 894. The third-order valence-corrected chi connectivity index (χ3v) is 3.48. The number of aromatic nitrogens is 1. The van der Waals surface area contributed by atoms with Crippen LogP contribution in [0.25, 0.3) is 16.3 Å². The molecule has 0 spiro atoms. The van der Waals surface area contributed by atoms with Crippen LogP contribution in [0.5, 0.6) is 0 Å². The van der Waals surface area contributed by atoms with E-state index in [0.717, 1.165) is 12.1 Å². The standard InChI is InChI=1S/C16H10F3NO/c1-9-13-8-11(16(17,18)19)6-7-12(13)15(21)20-14(9)10-4-2-3-5-10/h2-4,6-8H,1H3,(H,20,21). The monoisotopic (exact) mass is 289 g/mol. The van der Waals surface area contributed by atoms with Crippen molar-refractivity contribution < 1.29 is 13.2 Å².